The van der Waals surface area contributed by atoms with Crippen LogP contribution in [0.5, 0.6) is 0 Å². The van der Waals surface area contributed by atoms with Crippen LogP contribution in [0.4, 0.5) is 4.39 Å². The first-order chi connectivity index (χ1) is 14.2. The molecule has 0 atom stereocenters. The highest BCUT2D eigenvalue weighted by atomic mass is 35.5. The Labute approximate surface area is 195 Å². The first-order valence-corrected chi connectivity index (χ1v) is 10.3. The van der Waals surface area contributed by atoms with Crippen molar-refractivity contribution >= 4 is 41.6 Å². The topological polar surface area (TPSA) is 45.2 Å². The van der Waals surface area contributed by atoms with Gasteiger partial charge in [0.15, 0.2) is 0 Å². The fourth-order valence-electron chi connectivity index (χ4n) is 4.08. The van der Waals surface area contributed by atoms with Crippen molar-refractivity contribution in [3.63, 3.8) is 0 Å². The first kappa shape index (κ1) is 25.1. The maximum Gasteiger partial charge on any atom is 0.254 e. The molecule has 0 aliphatic carbocycles. The van der Waals surface area contributed by atoms with Crippen LogP contribution in [0.15, 0.2) is 54.6 Å². The van der Waals surface area contributed by atoms with Crippen molar-refractivity contribution < 1.29 is 9.18 Å². The SMILES string of the molecule is CNCCC1CCN(C(=O)c2cc(-c3ccccc3)nc3cc(F)ccc23)CC1.Cl.Cl. The molecule has 1 aliphatic rings. The quantitative estimate of drug-likeness (QED) is 0.554. The molecule has 1 N–H and O–H groups in total. The van der Waals surface area contributed by atoms with Crippen LogP contribution in [-0.4, -0.2) is 42.5 Å². The largest absolute Gasteiger partial charge is 0.339 e. The van der Waals surface area contributed by atoms with E-state index in [9.17, 15) is 9.18 Å². The molecule has 4 nitrogen and oxygen atoms in total. The predicted molar refractivity (Wildman–Crippen MR) is 129 cm³/mol. The van der Waals surface area contributed by atoms with Crippen LogP contribution in [0.3, 0.4) is 0 Å². The lowest BCUT2D eigenvalue weighted by molar-refractivity contribution is 0.0689. The van der Waals surface area contributed by atoms with E-state index in [0.29, 0.717) is 28.1 Å². The minimum Gasteiger partial charge on any atom is -0.339 e. The predicted octanol–water partition coefficient (Wildman–Crippen LogP) is 5.35. The molecule has 1 aromatic heterocycles. The number of halogens is 3. The van der Waals surface area contributed by atoms with Crippen LogP contribution in [0.1, 0.15) is 29.6 Å². The lowest BCUT2D eigenvalue weighted by atomic mass is 9.93. The van der Waals surface area contributed by atoms with E-state index in [-0.39, 0.29) is 36.5 Å². The number of carbonyl (C=O) groups excluding carboxylic acids is 1. The van der Waals surface area contributed by atoms with Crippen molar-refractivity contribution in [3.8, 4) is 11.3 Å². The minimum absolute atomic E-state index is 0. The van der Waals surface area contributed by atoms with Gasteiger partial charge < -0.3 is 10.2 Å². The number of amides is 1. The zero-order valence-corrected chi connectivity index (χ0v) is 19.1. The first-order valence-electron chi connectivity index (χ1n) is 10.3. The monoisotopic (exact) mass is 463 g/mol. The van der Waals surface area contributed by atoms with Gasteiger partial charge in [0.05, 0.1) is 16.8 Å². The van der Waals surface area contributed by atoms with E-state index in [1.807, 2.05) is 48.3 Å². The Morgan fingerprint density at radius 3 is 2.48 bits per heavy atom. The number of aromatic nitrogens is 1. The number of rotatable bonds is 5. The summed E-state index contributed by atoms with van der Waals surface area (Å²) in [6, 6.07) is 16.0. The Hall–Kier alpha value is -2.21. The summed E-state index contributed by atoms with van der Waals surface area (Å²) in [5.74, 6) is 0.321. The molecule has 0 unspecified atom stereocenters. The second-order valence-corrected chi connectivity index (χ2v) is 7.71. The summed E-state index contributed by atoms with van der Waals surface area (Å²) in [4.78, 5) is 20.0. The standard InChI is InChI=1S/C24H26FN3O.2ClH/c1-26-12-9-17-10-13-28(14-11-17)24(29)21-16-22(18-5-3-2-4-6-18)27-23-15-19(25)7-8-20(21)23;;/h2-8,15-17,26H,9-14H2,1H3;2*1H. The Morgan fingerprint density at radius 1 is 1.10 bits per heavy atom. The molecule has 0 radical (unpaired) electrons. The van der Waals surface area contributed by atoms with Gasteiger partial charge in [0.25, 0.3) is 5.91 Å². The molecule has 7 heteroatoms. The maximum atomic E-state index is 13.9. The summed E-state index contributed by atoms with van der Waals surface area (Å²) in [5, 5.41) is 3.91. The Bertz CT molecular complexity index is 1010. The number of carbonyl (C=O) groups is 1. The normalized spacial score (nSPS) is 14.1. The number of likely N-dealkylation sites (tertiary alicyclic amines) is 1. The van der Waals surface area contributed by atoms with E-state index in [0.717, 1.165) is 44.5 Å². The molecule has 4 rings (SSSR count). The molecule has 2 aromatic carbocycles. The van der Waals surface area contributed by atoms with Crippen LogP contribution in [-0.2, 0) is 0 Å². The van der Waals surface area contributed by atoms with Crippen LogP contribution in [0.25, 0.3) is 22.2 Å². The number of piperidine rings is 1. The average molecular weight is 464 g/mol. The molecular formula is C24H28Cl2FN3O. The van der Waals surface area contributed by atoms with Gasteiger partial charge in [-0.05, 0) is 57.0 Å². The Kier molecular flexibility index (Phi) is 9.23. The highest BCUT2D eigenvalue weighted by Gasteiger charge is 2.25. The van der Waals surface area contributed by atoms with Crippen molar-refractivity contribution in [2.24, 2.45) is 5.92 Å². The van der Waals surface area contributed by atoms with E-state index in [1.54, 1.807) is 6.07 Å². The molecule has 2 heterocycles. The number of hydrogen-bond acceptors (Lipinski definition) is 3. The molecule has 31 heavy (non-hydrogen) atoms. The summed E-state index contributed by atoms with van der Waals surface area (Å²) >= 11 is 0. The third kappa shape index (κ3) is 5.73. The fraction of sp³-hybridized carbons (Fsp3) is 0.333. The van der Waals surface area contributed by atoms with Gasteiger partial charge in [-0.15, -0.1) is 24.8 Å². The van der Waals surface area contributed by atoms with E-state index in [2.05, 4.69) is 10.3 Å². The molecule has 3 aromatic rings. The zero-order chi connectivity index (χ0) is 20.2. The van der Waals surface area contributed by atoms with Gasteiger partial charge in [-0.1, -0.05) is 30.3 Å². The number of fused-ring (bicyclic) bond motifs is 1. The lowest BCUT2D eigenvalue weighted by Crippen LogP contribution is -2.39. The summed E-state index contributed by atoms with van der Waals surface area (Å²) in [7, 11) is 1.97. The smallest absolute Gasteiger partial charge is 0.254 e. The summed E-state index contributed by atoms with van der Waals surface area (Å²) < 4.78 is 13.9. The van der Waals surface area contributed by atoms with Crippen molar-refractivity contribution in [1.29, 1.82) is 0 Å². The van der Waals surface area contributed by atoms with Gasteiger partial charge in [0.1, 0.15) is 5.82 Å². The Balaban J connectivity index is 0.00000171. The maximum absolute atomic E-state index is 13.9. The lowest BCUT2D eigenvalue weighted by Gasteiger charge is -2.32. The fourth-order valence-corrected chi connectivity index (χ4v) is 4.08. The van der Waals surface area contributed by atoms with Crippen LogP contribution < -0.4 is 5.32 Å². The molecule has 1 fully saturated rings. The molecule has 1 aliphatic heterocycles. The summed E-state index contributed by atoms with van der Waals surface area (Å²) in [6.07, 6.45) is 3.20. The van der Waals surface area contributed by atoms with Crippen molar-refractivity contribution in [2.75, 3.05) is 26.7 Å². The van der Waals surface area contributed by atoms with E-state index < -0.39 is 0 Å². The average Bonchev–Trinajstić information content (AvgIpc) is 2.77. The van der Waals surface area contributed by atoms with Crippen LogP contribution in [0, 0.1) is 11.7 Å². The van der Waals surface area contributed by atoms with Crippen molar-refractivity contribution in [3.05, 3.63) is 66.0 Å². The molecule has 0 bridgehead atoms. The second-order valence-electron chi connectivity index (χ2n) is 7.71. The number of benzene rings is 2. The number of nitrogens with one attached hydrogen (secondary N) is 1. The van der Waals surface area contributed by atoms with E-state index >= 15 is 0 Å². The second kappa shape index (κ2) is 11.4. The van der Waals surface area contributed by atoms with Gasteiger partial charge in [-0.25, -0.2) is 9.37 Å². The van der Waals surface area contributed by atoms with Crippen LogP contribution >= 0.6 is 24.8 Å². The zero-order valence-electron chi connectivity index (χ0n) is 17.5. The molecule has 0 spiro atoms. The summed E-state index contributed by atoms with van der Waals surface area (Å²) in [6.45, 7) is 2.54. The van der Waals surface area contributed by atoms with Crippen molar-refractivity contribution in [2.45, 2.75) is 19.3 Å². The van der Waals surface area contributed by atoms with E-state index in [4.69, 9.17) is 0 Å². The number of pyridine rings is 1. The van der Waals surface area contributed by atoms with Gasteiger partial charge >= 0.3 is 0 Å². The van der Waals surface area contributed by atoms with Crippen molar-refractivity contribution in [1.82, 2.24) is 15.2 Å². The van der Waals surface area contributed by atoms with Gasteiger partial charge in [-0.2, -0.15) is 0 Å². The number of nitrogens with zero attached hydrogens (tertiary/aromatic N) is 2. The van der Waals surface area contributed by atoms with E-state index in [1.165, 1.54) is 12.1 Å². The molecular weight excluding hydrogens is 436 g/mol. The van der Waals surface area contributed by atoms with Gasteiger partial charge in [0, 0.05) is 30.1 Å². The minimum atomic E-state index is -0.348. The highest BCUT2D eigenvalue weighted by molar-refractivity contribution is 6.07. The molecule has 166 valence electrons. The van der Waals surface area contributed by atoms with Gasteiger partial charge in [-0.3, -0.25) is 4.79 Å². The number of hydrogen-bond donors (Lipinski definition) is 1. The van der Waals surface area contributed by atoms with Gasteiger partial charge in [0.2, 0.25) is 0 Å². The third-order valence-electron chi connectivity index (χ3n) is 5.78. The highest BCUT2D eigenvalue weighted by Crippen LogP contribution is 2.28. The molecule has 1 saturated heterocycles. The Morgan fingerprint density at radius 2 is 1.81 bits per heavy atom. The molecule has 0 saturated carbocycles. The summed E-state index contributed by atoms with van der Waals surface area (Å²) in [5.41, 5.74) is 2.72. The van der Waals surface area contributed by atoms with Crippen LogP contribution in [0.2, 0.25) is 0 Å². The molecule has 1 amide bonds. The third-order valence-corrected chi connectivity index (χ3v) is 5.78.